The van der Waals surface area contributed by atoms with Gasteiger partial charge in [-0.2, -0.15) is 0 Å². The second-order valence-corrected chi connectivity index (χ2v) is 6.07. The van der Waals surface area contributed by atoms with Crippen LogP contribution < -0.4 is 5.73 Å². The van der Waals surface area contributed by atoms with Gasteiger partial charge in [-0.1, -0.05) is 0 Å². The Hall–Kier alpha value is -1.01. The summed E-state index contributed by atoms with van der Waals surface area (Å²) in [5.41, 5.74) is 8.64. The normalized spacial score (nSPS) is 26.1. The molecule has 21 heavy (non-hydrogen) atoms. The van der Waals surface area contributed by atoms with Gasteiger partial charge >= 0.3 is 0 Å². The summed E-state index contributed by atoms with van der Waals surface area (Å²) in [7, 11) is 0. The molecular weight excluding hydrogens is 264 g/mol. The van der Waals surface area contributed by atoms with Crippen molar-refractivity contribution in [3.63, 3.8) is 0 Å². The van der Waals surface area contributed by atoms with Crippen molar-refractivity contribution in [2.24, 2.45) is 5.73 Å². The van der Waals surface area contributed by atoms with Crippen LogP contribution in [0.2, 0.25) is 0 Å². The first-order chi connectivity index (χ1) is 10.3. The topological polar surface area (TPSA) is 54.6 Å². The van der Waals surface area contributed by atoms with Gasteiger partial charge in [0.2, 0.25) is 0 Å². The average Bonchev–Trinajstić information content (AvgIpc) is 3.00. The lowest BCUT2D eigenvalue weighted by molar-refractivity contribution is 0.0176. The highest BCUT2D eigenvalue weighted by Gasteiger charge is 2.32. The summed E-state index contributed by atoms with van der Waals surface area (Å²) in [6, 6.07) is 3.03. The summed E-state index contributed by atoms with van der Waals surface area (Å²) in [4.78, 5) is 9.39. The summed E-state index contributed by atoms with van der Waals surface area (Å²) in [6.45, 7) is 8.92. The molecule has 2 saturated heterocycles. The number of rotatable bonds is 4. The van der Waals surface area contributed by atoms with E-state index in [4.69, 9.17) is 10.5 Å². The van der Waals surface area contributed by atoms with Gasteiger partial charge < -0.3 is 10.5 Å². The quantitative estimate of drug-likeness (QED) is 0.889. The number of aryl methyl sites for hydroxylation is 1. The highest BCUT2D eigenvalue weighted by atomic mass is 16.5. The molecule has 0 aromatic carbocycles. The maximum absolute atomic E-state index is 6.07. The van der Waals surface area contributed by atoms with Gasteiger partial charge in [0.05, 0.1) is 13.2 Å². The lowest BCUT2D eigenvalue weighted by Crippen LogP contribution is -2.45. The maximum atomic E-state index is 6.07. The van der Waals surface area contributed by atoms with Crippen molar-refractivity contribution in [2.45, 2.75) is 25.4 Å². The Morgan fingerprint density at radius 2 is 2.19 bits per heavy atom. The fourth-order valence-corrected chi connectivity index (χ4v) is 3.59. The molecule has 5 heteroatoms. The van der Waals surface area contributed by atoms with Crippen molar-refractivity contribution in [3.8, 4) is 0 Å². The molecule has 2 N–H and O–H groups in total. The molecule has 2 unspecified atom stereocenters. The van der Waals surface area contributed by atoms with E-state index < -0.39 is 0 Å². The van der Waals surface area contributed by atoms with Crippen LogP contribution in [0.5, 0.6) is 0 Å². The second kappa shape index (κ2) is 6.83. The molecule has 2 aliphatic heterocycles. The number of nitrogens with zero attached hydrogens (tertiary/aromatic N) is 3. The van der Waals surface area contributed by atoms with Crippen molar-refractivity contribution >= 4 is 0 Å². The minimum absolute atomic E-state index is 0.296. The predicted molar refractivity (Wildman–Crippen MR) is 83.1 cm³/mol. The third-order valence-corrected chi connectivity index (χ3v) is 4.86. The van der Waals surface area contributed by atoms with Crippen LogP contribution in [0.25, 0.3) is 0 Å². The SMILES string of the molecule is Cc1ccncc1C(CN)N1CCC(N2CCOCC2)C1. The summed E-state index contributed by atoms with van der Waals surface area (Å²) >= 11 is 0. The number of hydrogen-bond acceptors (Lipinski definition) is 5. The minimum Gasteiger partial charge on any atom is -0.379 e. The van der Waals surface area contributed by atoms with Crippen LogP contribution in [0.4, 0.5) is 0 Å². The van der Waals surface area contributed by atoms with Crippen LogP contribution in [0.15, 0.2) is 18.5 Å². The van der Waals surface area contributed by atoms with Gasteiger partial charge in [-0.25, -0.2) is 0 Å². The molecular formula is C16H26N4O. The maximum Gasteiger partial charge on any atom is 0.0594 e. The first-order valence-corrected chi connectivity index (χ1v) is 7.96. The molecule has 0 saturated carbocycles. The van der Waals surface area contributed by atoms with Crippen molar-refractivity contribution in [2.75, 3.05) is 45.9 Å². The highest BCUT2D eigenvalue weighted by molar-refractivity contribution is 5.25. The number of pyridine rings is 1. The van der Waals surface area contributed by atoms with Gasteiger partial charge in [-0.15, -0.1) is 0 Å². The lowest BCUT2D eigenvalue weighted by atomic mass is 10.0. The molecule has 0 radical (unpaired) electrons. The van der Waals surface area contributed by atoms with Gasteiger partial charge in [0.25, 0.3) is 0 Å². The predicted octanol–water partition coefficient (Wildman–Crippen LogP) is 0.796. The van der Waals surface area contributed by atoms with E-state index in [9.17, 15) is 0 Å². The Kier molecular flexibility index (Phi) is 4.85. The van der Waals surface area contributed by atoms with E-state index in [1.54, 1.807) is 0 Å². The molecule has 0 aliphatic carbocycles. The number of ether oxygens (including phenoxy) is 1. The second-order valence-electron chi connectivity index (χ2n) is 6.07. The average molecular weight is 290 g/mol. The fourth-order valence-electron chi connectivity index (χ4n) is 3.59. The van der Waals surface area contributed by atoms with E-state index in [2.05, 4.69) is 27.8 Å². The summed E-state index contributed by atoms with van der Waals surface area (Å²) < 4.78 is 5.46. The molecule has 0 amide bonds. The molecule has 1 aromatic rings. The smallest absolute Gasteiger partial charge is 0.0594 e. The Bertz CT molecular complexity index is 461. The lowest BCUT2D eigenvalue weighted by Gasteiger charge is -2.33. The van der Waals surface area contributed by atoms with Gasteiger partial charge in [0, 0.05) is 57.2 Å². The van der Waals surface area contributed by atoms with Crippen LogP contribution in [0.3, 0.4) is 0 Å². The highest BCUT2D eigenvalue weighted by Crippen LogP contribution is 2.28. The Balaban J connectivity index is 1.67. The molecule has 0 spiro atoms. The van der Waals surface area contributed by atoms with E-state index in [1.165, 1.54) is 17.5 Å². The van der Waals surface area contributed by atoms with Gasteiger partial charge in [-0.05, 0) is 30.5 Å². The first kappa shape index (κ1) is 14.9. The number of aromatic nitrogens is 1. The van der Waals surface area contributed by atoms with E-state index in [-0.39, 0.29) is 0 Å². The zero-order valence-electron chi connectivity index (χ0n) is 12.9. The minimum atomic E-state index is 0.296. The van der Waals surface area contributed by atoms with Crippen molar-refractivity contribution in [1.29, 1.82) is 0 Å². The van der Waals surface area contributed by atoms with E-state index in [0.717, 1.165) is 39.4 Å². The summed E-state index contributed by atoms with van der Waals surface area (Å²) in [5, 5.41) is 0. The standard InChI is InChI=1S/C16H26N4O/c1-13-2-4-18-11-15(13)16(10-17)20-5-3-14(12-20)19-6-8-21-9-7-19/h2,4,11,14,16H,3,5-10,12,17H2,1H3. The van der Waals surface area contributed by atoms with Crippen LogP contribution in [-0.4, -0.2) is 66.8 Å². The molecule has 2 aliphatic rings. The molecule has 0 bridgehead atoms. The van der Waals surface area contributed by atoms with Gasteiger partial charge in [-0.3, -0.25) is 14.8 Å². The third kappa shape index (κ3) is 3.26. The monoisotopic (exact) mass is 290 g/mol. The van der Waals surface area contributed by atoms with E-state index in [1.807, 2.05) is 12.4 Å². The molecule has 116 valence electrons. The molecule has 3 heterocycles. The van der Waals surface area contributed by atoms with Crippen LogP contribution in [0.1, 0.15) is 23.6 Å². The zero-order valence-corrected chi connectivity index (χ0v) is 12.9. The van der Waals surface area contributed by atoms with Crippen molar-refractivity contribution in [3.05, 3.63) is 29.6 Å². The Labute approximate surface area is 127 Å². The van der Waals surface area contributed by atoms with Crippen molar-refractivity contribution < 1.29 is 4.74 Å². The number of nitrogens with two attached hydrogens (primary N) is 1. The first-order valence-electron chi connectivity index (χ1n) is 7.96. The molecule has 2 atom stereocenters. The number of morpholine rings is 1. The molecule has 5 nitrogen and oxygen atoms in total. The van der Waals surface area contributed by atoms with E-state index in [0.29, 0.717) is 18.6 Å². The zero-order chi connectivity index (χ0) is 14.7. The molecule has 1 aromatic heterocycles. The van der Waals surface area contributed by atoms with Gasteiger partial charge in [0.1, 0.15) is 0 Å². The summed E-state index contributed by atoms with van der Waals surface area (Å²) in [6.07, 6.45) is 5.07. The third-order valence-electron chi connectivity index (χ3n) is 4.86. The largest absolute Gasteiger partial charge is 0.379 e. The number of hydrogen-bond donors (Lipinski definition) is 1. The fraction of sp³-hybridized carbons (Fsp3) is 0.688. The van der Waals surface area contributed by atoms with Crippen LogP contribution >= 0.6 is 0 Å². The molecule has 3 rings (SSSR count). The van der Waals surface area contributed by atoms with Crippen molar-refractivity contribution in [1.82, 2.24) is 14.8 Å². The Morgan fingerprint density at radius 1 is 1.38 bits per heavy atom. The molecule has 2 fully saturated rings. The van der Waals surface area contributed by atoms with E-state index >= 15 is 0 Å². The van der Waals surface area contributed by atoms with Gasteiger partial charge in [0.15, 0.2) is 0 Å². The van der Waals surface area contributed by atoms with Crippen LogP contribution in [0, 0.1) is 6.92 Å². The Morgan fingerprint density at radius 3 is 2.90 bits per heavy atom. The number of likely N-dealkylation sites (tertiary alicyclic amines) is 1. The summed E-state index contributed by atoms with van der Waals surface area (Å²) in [5.74, 6) is 0. The van der Waals surface area contributed by atoms with Crippen LogP contribution in [-0.2, 0) is 4.74 Å².